The quantitative estimate of drug-likeness (QED) is 0.631. The minimum absolute atomic E-state index is 0.0241. The average molecular weight is 202 g/mol. The Hall–Kier alpha value is -1.26. The van der Waals surface area contributed by atoms with Crippen LogP contribution in [0.5, 0.6) is 0 Å². The molecule has 2 atom stereocenters. The molecule has 2 amide bonds. The summed E-state index contributed by atoms with van der Waals surface area (Å²) < 4.78 is 0. The van der Waals surface area contributed by atoms with Crippen molar-refractivity contribution in [2.45, 2.75) is 39.8 Å². The molecule has 0 radical (unpaired) electrons. The first-order valence-electron chi connectivity index (χ1n) is 4.64. The van der Waals surface area contributed by atoms with Gasteiger partial charge in [-0.05, 0) is 19.8 Å². The summed E-state index contributed by atoms with van der Waals surface area (Å²) in [7, 11) is 0. The Kier molecular flexibility index (Phi) is 4.97. The monoisotopic (exact) mass is 202 g/mol. The lowest BCUT2D eigenvalue weighted by Crippen LogP contribution is -2.48. The SMILES string of the molecule is CC(C)C(C)NC(=O)N[C@@H](C)C(=O)O. The summed E-state index contributed by atoms with van der Waals surface area (Å²) in [5, 5.41) is 13.5. The number of rotatable bonds is 4. The number of hydrogen-bond donors (Lipinski definition) is 3. The molecule has 0 aliphatic heterocycles. The largest absolute Gasteiger partial charge is 0.480 e. The van der Waals surface area contributed by atoms with Crippen LogP contribution in [0.2, 0.25) is 0 Å². The number of amides is 2. The molecule has 14 heavy (non-hydrogen) atoms. The molecule has 1 unspecified atom stereocenters. The van der Waals surface area contributed by atoms with Crippen molar-refractivity contribution in [1.29, 1.82) is 0 Å². The molecule has 5 heteroatoms. The lowest BCUT2D eigenvalue weighted by atomic mass is 10.1. The summed E-state index contributed by atoms with van der Waals surface area (Å²) >= 11 is 0. The Morgan fingerprint density at radius 3 is 1.93 bits per heavy atom. The standard InChI is InChI=1S/C9H18N2O3/c1-5(2)6(3)10-9(14)11-7(4)8(12)13/h5-7H,1-4H3,(H,12,13)(H2,10,11,14)/t6?,7-/m0/s1. The highest BCUT2D eigenvalue weighted by molar-refractivity contribution is 5.82. The van der Waals surface area contributed by atoms with Gasteiger partial charge in [0.15, 0.2) is 0 Å². The van der Waals surface area contributed by atoms with Gasteiger partial charge >= 0.3 is 12.0 Å². The first-order valence-corrected chi connectivity index (χ1v) is 4.64. The first kappa shape index (κ1) is 12.7. The van der Waals surface area contributed by atoms with Crippen LogP contribution in [-0.4, -0.2) is 29.2 Å². The number of carbonyl (C=O) groups excluding carboxylic acids is 1. The predicted molar refractivity (Wildman–Crippen MR) is 53.1 cm³/mol. The van der Waals surface area contributed by atoms with Crippen molar-refractivity contribution in [1.82, 2.24) is 10.6 Å². The minimum atomic E-state index is -1.04. The highest BCUT2D eigenvalue weighted by Gasteiger charge is 2.16. The fourth-order valence-electron chi connectivity index (χ4n) is 0.673. The smallest absolute Gasteiger partial charge is 0.325 e. The molecule has 0 aliphatic carbocycles. The van der Waals surface area contributed by atoms with Crippen LogP contribution in [-0.2, 0) is 4.79 Å². The first-order chi connectivity index (χ1) is 6.34. The Morgan fingerprint density at radius 1 is 1.07 bits per heavy atom. The van der Waals surface area contributed by atoms with Crippen LogP contribution in [0.3, 0.4) is 0 Å². The van der Waals surface area contributed by atoms with Gasteiger partial charge in [0.05, 0.1) is 0 Å². The summed E-state index contributed by atoms with van der Waals surface area (Å²) in [6, 6.07) is -1.29. The van der Waals surface area contributed by atoms with Crippen LogP contribution in [0, 0.1) is 5.92 Å². The second-order valence-electron chi connectivity index (χ2n) is 3.71. The van der Waals surface area contributed by atoms with E-state index in [2.05, 4.69) is 10.6 Å². The molecule has 0 aromatic heterocycles. The van der Waals surface area contributed by atoms with Crippen LogP contribution in [0.4, 0.5) is 4.79 Å². The van der Waals surface area contributed by atoms with Gasteiger partial charge < -0.3 is 15.7 Å². The Balaban J connectivity index is 3.93. The van der Waals surface area contributed by atoms with E-state index in [1.54, 1.807) is 0 Å². The number of carboxylic acids is 1. The van der Waals surface area contributed by atoms with Crippen molar-refractivity contribution in [3.8, 4) is 0 Å². The zero-order valence-corrected chi connectivity index (χ0v) is 9.00. The van der Waals surface area contributed by atoms with Gasteiger partial charge in [0.25, 0.3) is 0 Å². The number of hydrogen-bond acceptors (Lipinski definition) is 2. The summed E-state index contributed by atoms with van der Waals surface area (Å²) in [6.45, 7) is 7.24. The summed E-state index contributed by atoms with van der Waals surface area (Å²) in [4.78, 5) is 21.6. The van der Waals surface area contributed by atoms with Gasteiger partial charge in [-0.1, -0.05) is 13.8 Å². The number of aliphatic carboxylic acids is 1. The molecule has 0 aromatic carbocycles. The lowest BCUT2D eigenvalue weighted by molar-refractivity contribution is -0.138. The van der Waals surface area contributed by atoms with Gasteiger partial charge in [-0.15, -0.1) is 0 Å². The zero-order valence-electron chi connectivity index (χ0n) is 9.00. The van der Waals surface area contributed by atoms with E-state index in [9.17, 15) is 9.59 Å². The van der Waals surface area contributed by atoms with Crippen molar-refractivity contribution in [3.05, 3.63) is 0 Å². The molecule has 0 saturated heterocycles. The van der Waals surface area contributed by atoms with Gasteiger partial charge in [-0.25, -0.2) is 4.79 Å². The molecule has 0 aromatic rings. The number of nitrogens with one attached hydrogen (secondary N) is 2. The van der Waals surface area contributed by atoms with Gasteiger partial charge in [0.2, 0.25) is 0 Å². The molecule has 5 nitrogen and oxygen atoms in total. The second-order valence-corrected chi connectivity index (χ2v) is 3.71. The average Bonchev–Trinajstić information content (AvgIpc) is 2.03. The molecule has 0 bridgehead atoms. The topological polar surface area (TPSA) is 78.4 Å². The Morgan fingerprint density at radius 2 is 1.57 bits per heavy atom. The van der Waals surface area contributed by atoms with Crippen LogP contribution < -0.4 is 10.6 Å². The predicted octanol–water partition coefficient (Wildman–Crippen LogP) is 0.803. The van der Waals surface area contributed by atoms with E-state index in [-0.39, 0.29) is 6.04 Å². The minimum Gasteiger partial charge on any atom is -0.480 e. The molecule has 0 spiro atoms. The maximum absolute atomic E-state index is 11.2. The Bertz CT molecular complexity index is 216. The van der Waals surface area contributed by atoms with Crippen molar-refractivity contribution >= 4 is 12.0 Å². The molecule has 0 aliphatic rings. The third-order valence-corrected chi connectivity index (χ3v) is 2.08. The fraction of sp³-hybridized carbons (Fsp3) is 0.778. The van der Waals surface area contributed by atoms with E-state index in [1.165, 1.54) is 6.92 Å². The van der Waals surface area contributed by atoms with Crippen molar-refractivity contribution in [2.75, 3.05) is 0 Å². The van der Waals surface area contributed by atoms with Crippen molar-refractivity contribution in [3.63, 3.8) is 0 Å². The second kappa shape index (κ2) is 5.47. The van der Waals surface area contributed by atoms with Crippen LogP contribution in [0.15, 0.2) is 0 Å². The normalized spacial score (nSPS) is 14.6. The van der Waals surface area contributed by atoms with E-state index in [0.717, 1.165) is 0 Å². The highest BCUT2D eigenvalue weighted by Crippen LogP contribution is 1.99. The summed E-state index contributed by atoms with van der Waals surface area (Å²) in [5.74, 6) is -0.724. The van der Waals surface area contributed by atoms with E-state index < -0.39 is 18.0 Å². The molecule has 82 valence electrons. The van der Waals surface area contributed by atoms with Crippen LogP contribution in [0.25, 0.3) is 0 Å². The van der Waals surface area contributed by atoms with E-state index in [1.807, 2.05) is 20.8 Å². The summed E-state index contributed by atoms with van der Waals surface area (Å²) in [5.41, 5.74) is 0. The van der Waals surface area contributed by atoms with E-state index in [0.29, 0.717) is 5.92 Å². The number of carbonyl (C=O) groups is 2. The van der Waals surface area contributed by atoms with E-state index in [4.69, 9.17) is 5.11 Å². The molecule has 0 rings (SSSR count). The van der Waals surface area contributed by atoms with Crippen molar-refractivity contribution < 1.29 is 14.7 Å². The lowest BCUT2D eigenvalue weighted by Gasteiger charge is -2.18. The highest BCUT2D eigenvalue weighted by atomic mass is 16.4. The molecular formula is C9H18N2O3. The number of carboxylic acid groups (broad SMARTS) is 1. The van der Waals surface area contributed by atoms with Gasteiger partial charge in [0, 0.05) is 6.04 Å². The molecular weight excluding hydrogens is 184 g/mol. The fourth-order valence-corrected chi connectivity index (χ4v) is 0.673. The third-order valence-electron chi connectivity index (χ3n) is 2.08. The molecule has 3 N–H and O–H groups in total. The van der Waals surface area contributed by atoms with Gasteiger partial charge in [-0.3, -0.25) is 4.79 Å². The van der Waals surface area contributed by atoms with E-state index >= 15 is 0 Å². The Labute approximate surface area is 83.9 Å². The molecule has 0 saturated carbocycles. The molecule has 0 heterocycles. The van der Waals surface area contributed by atoms with Crippen LogP contribution >= 0.6 is 0 Å². The third kappa shape index (κ3) is 4.69. The number of urea groups is 1. The maximum atomic E-state index is 11.2. The molecule has 0 fully saturated rings. The van der Waals surface area contributed by atoms with Crippen molar-refractivity contribution in [2.24, 2.45) is 5.92 Å². The van der Waals surface area contributed by atoms with Gasteiger partial charge in [-0.2, -0.15) is 0 Å². The zero-order chi connectivity index (χ0) is 11.3. The van der Waals surface area contributed by atoms with Gasteiger partial charge in [0.1, 0.15) is 6.04 Å². The van der Waals surface area contributed by atoms with Crippen LogP contribution in [0.1, 0.15) is 27.7 Å². The maximum Gasteiger partial charge on any atom is 0.325 e. The summed E-state index contributed by atoms with van der Waals surface area (Å²) in [6.07, 6.45) is 0.